The summed E-state index contributed by atoms with van der Waals surface area (Å²) in [5.74, 6) is -1.60. The van der Waals surface area contributed by atoms with Crippen LogP contribution in [0.25, 0.3) is 12.2 Å². The molecule has 4 heterocycles. The average molecular weight is 617 g/mol. The molecule has 240 valence electrons. The predicted molar refractivity (Wildman–Crippen MR) is 173 cm³/mol. The summed E-state index contributed by atoms with van der Waals surface area (Å²) in [4.78, 5) is 55.9. The number of ether oxygens (including phenoxy) is 1. The zero-order chi connectivity index (χ0) is 33.2. The van der Waals surface area contributed by atoms with Crippen LogP contribution in [0, 0.1) is 13.8 Å². The molecule has 0 fully saturated rings. The summed E-state index contributed by atoms with van der Waals surface area (Å²) in [6.45, 7) is 13.6. The number of amides is 2. The number of aliphatic carboxylic acids is 1. The lowest BCUT2D eigenvalue weighted by atomic mass is 9.91. The van der Waals surface area contributed by atoms with Gasteiger partial charge in [-0.25, -0.2) is 0 Å². The van der Waals surface area contributed by atoms with E-state index >= 15 is 0 Å². The normalized spacial score (nSPS) is 17.5. The fraction of sp³-hybridized carbons (Fsp3) is 0.429. The number of carboxylic acids is 1. The van der Waals surface area contributed by atoms with E-state index in [0.29, 0.717) is 36.8 Å². The maximum absolute atomic E-state index is 12.4. The van der Waals surface area contributed by atoms with Crippen LogP contribution in [0.15, 0.2) is 33.7 Å². The first-order chi connectivity index (χ1) is 21.3. The molecule has 5 N–H and O–H groups in total. The Morgan fingerprint density at radius 3 is 1.84 bits per heavy atom. The summed E-state index contributed by atoms with van der Waals surface area (Å²) in [5, 5.41) is 15.5. The molecule has 0 bridgehead atoms. The highest BCUT2D eigenvalue weighted by atomic mass is 16.5. The largest absolute Gasteiger partial charge is 0.481 e. The number of hydrogen-bond donors (Lipinski definition) is 5. The molecule has 2 amide bonds. The van der Waals surface area contributed by atoms with Gasteiger partial charge in [-0.05, 0) is 98.4 Å². The number of carboxylic acid groups (broad SMARTS) is 1. The maximum Gasteiger partial charge on any atom is 0.306 e. The lowest BCUT2D eigenvalue weighted by molar-refractivity contribution is -0.141. The molecule has 2 aliphatic rings. The lowest BCUT2D eigenvalue weighted by Gasteiger charge is -2.14. The van der Waals surface area contributed by atoms with Crippen molar-refractivity contribution in [2.24, 2.45) is 0 Å². The molecule has 0 spiro atoms. The molecule has 10 nitrogen and oxygen atoms in total. The first-order valence-corrected chi connectivity index (χ1v) is 15.5. The van der Waals surface area contributed by atoms with Crippen molar-refractivity contribution in [3.63, 3.8) is 0 Å². The van der Waals surface area contributed by atoms with Crippen molar-refractivity contribution < 1.29 is 29.0 Å². The Balaban J connectivity index is 1.84. The van der Waals surface area contributed by atoms with Crippen LogP contribution in [0.3, 0.4) is 0 Å². The van der Waals surface area contributed by atoms with Crippen LogP contribution in [0.1, 0.15) is 111 Å². The SMILES string of the molecule is CCC1=C(C)C(=O)N/C1=C\c1[nH]c(Cc2[nH]c(/C=C3\NC(=O)C(C)=C3CC)c(C)c2[C@@H](C)CC(=O)OC)c(CCC(=O)O)c1C. The van der Waals surface area contributed by atoms with Crippen LogP contribution in [-0.2, 0) is 36.8 Å². The van der Waals surface area contributed by atoms with Gasteiger partial charge in [0, 0.05) is 58.2 Å². The number of aromatic nitrogens is 2. The van der Waals surface area contributed by atoms with Crippen molar-refractivity contribution >= 4 is 35.9 Å². The lowest BCUT2D eigenvalue weighted by Crippen LogP contribution is -2.15. The molecule has 2 aliphatic heterocycles. The minimum atomic E-state index is -0.887. The average Bonchev–Trinajstić information content (AvgIpc) is 3.64. The Labute approximate surface area is 264 Å². The molecule has 0 aromatic carbocycles. The molecular weight excluding hydrogens is 572 g/mol. The Morgan fingerprint density at radius 1 is 0.844 bits per heavy atom. The Kier molecular flexibility index (Phi) is 10.1. The van der Waals surface area contributed by atoms with Gasteiger partial charge in [-0.15, -0.1) is 0 Å². The molecule has 45 heavy (non-hydrogen) atoms. The predicted octanol–water partition coefficient (Wildman–Crippen LogP) is 5.63. The topological polar surface area (TPSA) is 153 Å². The third-order valence-electron chi connectivity index (χ3n) is 9.08. The number of allylic oxidation sites excluding steroid dienone is 2. The molecule has 2 aromatic rings. The van der Waals surface area contributed by atoms with Crippen molar-refractivity contribution in [2.45, 2.75) is 92.9 Å². The van der Waals surface area contributed by atoms with Gasteiger partial charge in [-0.2, -0.15) is 0 Å². The summed E-state index contributed by atoms with van der Waals surface area (Å²) < 4.78 is 4.98. The third kappa shape index (κ3) is 6.74. The first kappa shape index (κ1) is 33.3. The van der Waals surface area contributed by atoms with Gasteiger partial charge in [0.25, 0.3) is 11.8 Å². The summed E-state index contributed by atoms with van der Waals surface area (Å²) in [6, 6.07) is 0. The quantitative estimate of drug-likeness (QED) is 0.195. The van der Waals surface area contributed by atoms with E-state index in [1.165, 1.54) is 7.11 Å². The van der Waals surface area contributed by atoms with E-state index in [4.69, 9.17) is 4.74 Å². The van der Waals surface area contributed by atoms with Crippen LogP contribution in [0.2, 0.25) is 0 Å². The number of rotatable bonds is 12. The highest BCUT2D eigenvalue weighted by Gasteiger charge is 2.27. The van der Waals surface area contributed by atoms with E-state index < -0.39 is 5.97 Å². The van der Waals surface area contributed by atoms with Gasteiger partial charge in [-0.1, -0.05) is 20.8 Å². The second kappa shape index (κ2) is 13.6. The molecule has 0 saturated heterocycles. The van der Waals surface area contributed by atoms with Gasteiger partial charge >= 0.3 is 11.9 Å². The number of nitrogens with one attached hydrogen (secondary N) is 4. The fourth-order valence-corrected chi connectivity index (χ4v) is 6.55. The van der Waals surface area contributed by atoms with Crippen LogP contribution < -0.4 is 10.6 Å². The third-order valence-corrected chi connectivity index (χ3v) is 9.08. The number of H-pyrrole nitrogens is 2. The Morgan fingerprint density at radius 2 is 1.36 bits per heavy atom. The summed E-state index contributed by atoms with van der Waals surface area (Å²) in [7, 11) is 1.37. The van der Waals surface area contributed by atoms with Crippen LogP contribution >= 0.6 is 0 Å². The number of carbonyl (C=O) groups excluding carboxylic acids is 3. The van der Waals surface area contributed by atoms with Gasteiger partial charge in [0.2, 0.25) is 0 Å². The van der Waals surface area contributed by atoms with E-state index in [1.54, 1.807) is 0 Å². The first-order valence-electron chi connectivity index (χ1n) is 15.5. The number of aromatic amines is 2. The zero-order valence-corrected chi connectivity index (χ0v) is 27.5. The van der Waals surface area contributed by atoms with E-state index in [0.717, 1.165) is 67.6 Å². The number of hydrogen-bond acceptors (Lipinski definition) is 5. The number of esters is 1. The summed E-state index contributed by atoms with van der Waals surface area (Å²) >= 11 is 0. The minimum Gasteiger partial charge on any atom is -0.481 e. The van der Waals surface area contributed by atoms with Gasteiger partial charge in [0.15, 0.2) is 0 Å². The monoisotopic (exact) mass is 616 g/mol. The highest BCUT2D eigenvalue weighted by Crippen LogP contribution is 2.35. The molecule has 0 saturated carbocycles. The van der Waals surface area contributed by atoms with Crippen molar-refractivity contribution in [1.29, 1.82) is 0 Å². The van der Waals surface area contributed by atoms with Crippen molar-refractivity contribution in [3.05, 3.63) is 78.7 Å². The fourth-order valence-electron chi connectivity index (χ4n) is 6.55. The second-order valence-corrected chi connectivity index (χ2v) is 11.9. The van der Waals surface area contributed by atoms with E-state index in [9.17, 15) is 24.3 Å². The van der Waals surface area contributed by atoms with Gasteiger partial charge in [-0.3, -0.25) is 19.2 Å². The standard InChI is InChI=1S/C35H44N4O6/c1-9-22-19(5)34(43)38-27(22)14-25-18(4)24(11-12-31(40)41)29(36-25)16-30-33(17(3)13-32(42)45-8)21(7)26(37-30)15-28-23(10-2)20(6)35(44)39-28/h14-15,17,36-37H,9-13,16H2,1-8H3,(H,38,43)(H,39,44)(H,40,41)/b27-14-,28-15-/t17-/m0/s1. The summed E-state index contributed by atoms with van der Waals surface area (Å²) in [5.41, 5.74) is 11.9. The molecule has 0 aliphatic carbocycles. The second-order valence-electron chi connectivity index (χ2n) is 11.9. The molecule has 0 unspecified atom stereocenters. The minimum absolute atomic E-state index is 0.0322. The highest BCUT2D eigenvalue weighted by molar-refractivity contribution is 6.01. The van der Waals surface area contributed by atoms with Crippen LogP contribution in [0.5, 0.6) is 0 Å². The van der Waals surface area contributed by atoms with Gasteiger partial charge < -0.3 is 30.4 Å². The summed E-state index contributed by atoms with van der Waals surface area (Å²) in [6.07, 6.45) is 6.19. The van der Waals surface area contributed by atoms with Crippen molar-refractivity contribution in [3.8, 4) is 0 Å². The maximum atomic E-state index is 12.4. The number of methoxy groups -OCH3 is 1. The Hall–Kier alpha value is -4.60. The van der Waals surface area contributed by atoms with E-state index in [1.807, 2.05) is 60.6 Å². The van der Waals surface area contributed by atoms with Crippen molar-refractivity contribution in [1.82, 2.24) is 20.6 Å². The molecule has 1 atom stereocenters. The molecule has 0 radical (unpaired) electrons. The van der Waals surface area contributed by atoms with E-state index in [-0.39, 0.29) is 36.5 Å². The molecule has 4 rings (SSSR count). The molecular formula is C35H44N4O6. The molecule has 2 aromatic heterocycles. The van der Waals surface area contributed by atoms with Gasteiger partial charge in [0.1, 0.15) is 0 Å². The van der Waals surface area contributed by atoms with E-state index in [2.05, 4.69) is 20.6 Å². The van der Waals surface area contributed by atoms with Gasteiger partial charge in [0.05, 0.1) is 13.5 Å². The smallest absolute Gasteiger partial charge is 0.306 e. The zero-order valence-electron chi connectivity index (χ0n) is 27.5. The van der Waals surface area contributed by atoms with Crippen LogP contribution in [0.4, 0.5) is 0 Å². The molecule has 10 heteroatoms. The van der Waals surface area contributed by atoms with Crippen LogP contribution in [-0.4, -0.2) is 45.9 Å². The Bertz CT molecular complexity index is 1690. The number of carbonyl (C=O) groups is 4. The van der Waals surface area contributed by atoms with Crippen molar-refractivity contribution in [2.75, 3.05) is 7.11 Å².